The van der Waals surface area contributed by atoms with Crippen LogP contribution < -0.4 is 10.1 Å². The second-order valence-electron chi connectivity index (χ2n) is 8.70. The van der Waals surface area contributed by atoms with Crippen molar-refractivity contribution in [2.24, 2.45) is 0 Å². The average molecular weight is 484 g/mol. The maximum atomic E-state index is 12.8. The molecule has 2 aromatic heterocycles. The molecule has 1 amide bonds. The summed E-state index contributed by atoms with van der Waals surface area (Å²) in [5.74, 6) is 3.68. The first-order chi connectivity index (χ1) is 16.5. The van der Waals surface area contributed by atoms with Gasteiger partial charge in [-0.2, -0.15) is 0 Å². The van der Waals surface area contributed by atoms with E-state index < -0.39 is 0 Å². The van der Waals surface area contributed by atoms with Gasteiger partial charge in [-0.25, -0.2) is 0 Å². The Hall–Kier alpha value is -2.94. The maximum Gasteiger partial charge on any atom is 0.233 e. The van der Waals surface area contributed by atoms with Crippen LogP contribution in [0.5, 0.6) is 5.75 Å². The number of benzene rings is 1. The molecule has 8 nitrogen and oxygen atoms in total. The molecule has 9 heteroatoms. The van der Waals surface area contributed by atoms with E-state index in [4.69, 9.17) is 9.15 Å². The third kappa shape index (κ3) is 6.14. The van der Waals surface area contributed by atoms with Crippen molar-refractivity contribution in [3.8, 4) is 5.75 Å². The van der Waals surface area contributed by atoms with Crippen LogP contribution in [0.4, 0.5) is 5.69 Å². The van der Waals surface area contributed by atoms with Gasteiger partial charge in [-0.1, -0.05) is 37.1 Å². The van der Waals surface area contributed by atoms with Gasteiger partial charge in [-0.3, -0.25) is 4.79 Å². The second-order valence-corrected chi connectivity index (χ2v) is 9.64. The molecule has 34 heavy (non-hydrogen) atoms. The van der Waals surface area contributed by atoms with Crippen molar-refractivity contribution < 1.29 is 13.9 Å². The van der Waals surface area contributed by atoms with E-state index in [2.05, 4.69) is 20.1 Å². The maximum absolute atomic E-state index is 12.8. The normalized spacial score (nSPS) is 14.2. The van der Waals surface area contributed by atoms with Crippen LogP contribution in [-0.4, -0.2) is 45.5 Å². The Morgan fingerprint density at radius 3 is 2.79 bits per heavy atom. The van der Waals surface area contributed by atoms with Crippen LogP contribution in [0, 0.1) is 6.92 Å². The van der Waals surface area contributed by atoms with Crippen LogP contribution in [0.2, 0.25) is 0 Å². The van der Waals surface area contributed by atoms with Crippen LogP contribution in [0.25, 0.3) is 0 Å². The summed E-state index contributed by atoms with van der Waals surface area (Å²) in [6, 6.07) is 12.0. The first-order valence-corrected chi connectivity index (χ1v) is 12.8. The van der Waals surface area contributed by atoms with Crippen molar-refractivity contribution in [2.45, 2.75) is 63.3 Å². The molecule has 1 N–H and O–H groups in total. The van der Waals surface area contributed by atoms with E-state index in [1.807, 2.05) is 43.3 Å². The van der Waals surface area contributed by atoms with E-state index in [0.29, 0.717) is 24.9 Å². The molecule has 0 unspecified atom stereocenters. The fourth-order valence-corrected chi connectivity index (χ4v) is 5.24. The van der Waals surface area contributed by atoms with Crippen molar-refractivity contribution in [2.75, 3.05) is 25.2 Å². The first kappa shape index (κ1) is 24.2. The summed E-state index contributed by atoms with van der Waals surface area (Å²) in [4.78, 5) is 14.5. The van der Waals surface area contributed by atoms with Crippen molar-refractivity contribution in [1.29, 1.82) is 0 Å². The highest BCUT2D eigenvalue weighted by Gasteiger charge is 2.24. The van der Waals surface area contributed by atoms with Crippen molar-refractivity contribution >= 4 is 23.4 Å². The lowest BCUT2D eigenvalue weighted by atomic mass is 9.95. The number of hydrogen-bond acceptors (Lipinski definition) is 7. The van der Waals surface area contributed by atoms with Crippen LogP contribution in [-0.2, 0) is 17.9 Å². The number of aryl methyl sites for hydroxylation is 1. The Balaban J connectivity index is 1.43. The van der Waals surface area contributed by atoms with Crippen LogP contribution in [0.15, 0.2) is 46.0 Å². The predicted octanol–water partition coefficient (Wildman–Crippen LogP) is 5.06. The summed E-state index contributed by atoms with van der Waals surface area (Å²) < 4.78 is 13.2. The predicted molar refractivity (Wildman–Crippen MR) is 133 cm³/mol. The van der Waals surface area contributed by atoms with Crippen molar-refractivity contribution in [1.82, 2.24) is 19.7 Å². The summed E-state index contributed by atoms with van der Waals surface area (Å²) in [5, 5.41) is 13.2. The minimum absolute atomic E-state index is 0.0355. The lowest BCUT2D eigenvalue weighted by Gasteiger charge is -2.26. The molecule has 2 heterocycles. The van der Waals surface area contributed by atoms with E-state index in [-0.39, 0.29) is 5.91 Å². The molecule has 0 radical (unpaired) electrons. The number of nitrogens with zero attached hydrogens (tertiary/aromatic N) is 4. The van der Waals surface area contributed by atoms with E-state index in [0.717, 1.165) is 46.8 Å². The summed E-state index contributed by atoms with van der Waals surface area (Å²) >= 11 is 1.46. The molecular formula is C25H33N5O3S. The molecular weight excluding hydrogens is 450 g/mol. The molecule has 1 aromatic carbocycles. The molecule has 0 atom stereocenters. The third-order valence-corrected chi connectivity index (χ3v) is 7.06. The number of nitrogens with one attached hydrogen (secondary N) is 1. The number of rotatable bonds is 10. The Kier molecular flexibility index (Phi) is 8.16. The number of methoxy groups -OCH3 is 1. The zero-order chi connectivity index (χ0) is 23.9. The number of hydrogen-bond donors (Lipinski definition) is 1. The van der Waals surface area contributed by atoms with Gasteiger partial charge in [0.05, 0.1) is 26.0 Å². The molecule has 0 aliphatic heterocycles. The molecule has 182 valence electrons. The van der Waals surface area contributed by atoms with Gasteiger partial charge >= 0.3 is 0 Å². The lowest BCUT2D eigenvalue weighted by Crippen LogP contribution is -2.28. The van der Waals surface area contributed by atoms with Gasteiger partial charge in [0, 0.05) is 24.8 Å². The van der Waals surface area contributed by atoms with Crippen LogP contribution in [0.1, 0.15) is 55.5 Å². The zero-order valence-corrected chi connectivity index (χ0v) is 20.9. The monoisotopic (exact) mass is 483 g/mol. The Bertz CT molecular complexity index is 1090. The lowest BCUT2D eigenvalue weighted by molar-refractivity contribution is -0.127. The summed E-state index contributed by atoms with van der Waals surface area (Å²) in [5.41, 5.74) is 0.969. The molecule has 0 saturated heterocycles. The molecule has 1 fully saturated rings. The van der Waals surface area contributed by atoms with Gasteiger partial charge in [-0.05, 0) is 44.0 Å². The smallest absolute Gasteiger partial charge is 0.233 e. The average Bonchev–Trinajstić information content (AvgIpc) is 3.47. The number of thioether (sulfide) groups is 1. The number of carbonyl (C=O) groups excluding carboxylic acids is 1. The Labute approximate surface area is 205 Å². The van der Waals surface area contributed by atoms with E-state index in [9.17, 15) is 4.79 Å². The summed E-state index contributed by atoms with van der Waals surface area (Å²) in [6.45, 7) is 2.92. The summed E-state index contributed by atoms with van der Waals surface area (Å²) in [6.07, 6.45) is 5.92. The minimum atomic E-state index is 0.0355. The number of aromatic nitrogens is 3. The fraction of sp³-hybridized carbons (Fsp3) is 0.480. The Morgan fingerprint density at radius 2 is 2.06 bits per heavy atom. The third-order valence-electron chi connectivity index (χ3n) is 6.13. The SMILES string of the molecule is COc1cccc(NCc2nnc(SCC(=O)N(C)Cc3ccc(C)o3)n2C2CCCCC2)c1. The molecule has 0 spiro atoms. The topological polar surface area (TPSA) is 85.4 Å². The van der Waals surface area contributed by atoms with E-state index in [1.54, 1.807) is 19.1 Å². The van der Waals surface area contributed by atoms with Crippen LogP contribution >= 0.6 is 11.8 Å². The molecule has 1 aliphatic rings. The standard InChI is InChI=1S/C25H33N5O3S/c1-18-12-13-22(33-18)16-29(2)24(31)17-34-25-28-27-23(30(25)20-9-5-4-6-10-20)15-26-19-8-7-11-21(14-19)32-3/h7-8,11-14,20,26H,4-6,9-10,15-17H2,1-3H3. The number of ether oxygens (including phenoxy) is 1. The van der Waals surface area contributed by atoms with Crippen molar-refractivity contribution in [3.05, 3.63) is 53.7 Å². The van der Waals surface area contributed by atoms with Gasteiger partial charge in [0.2, 0.25) is 5.91 Å². The van der Waals surface area contributed by atoms with Gasteiger partial charge < -0.3 is 23.9 Å². The molecule has 0 bridgehead atoms. The molecule has 3 aromatic rings. The largest absolute Gasteiger partial charge is 0.497 e. The molecule has 1 saturated carbocycles. The van der Waals surface area contributed by atoms with Gasteiger partial charge in [0.1, 0.15) is 17.3 Å². The highest BCUT2D eigenvalue weighted by atomic mass is 32.2. The fourth-order valence-electron chi connectivity index (χ4n) is 4.28. The highest BCUT2D eigenvalue weighted by molar-refractivity contribution is 7.99. The van der Waals surface area contributed by atoms with Gasteiger partial charge in [0.25, 0.3) is 0 Å². The second kappa shape index (κ2) is 11.5. The van der Waals surface area contributed by atoms with E-state index >= 15 is 0 Å². The minimum Gasteiger partial charge on any atom is -0.497 e. The van der Waals surface area contributed by atoms with Crippen LogP contribution in [0.3, 0.4) is 0 Å². The summed E-state index contributed by atoms with van der Waals surface area (Å²) in [7, 11) is 3.47. The van der Waals surface area contributed by atoms with E-state index in [1.165, 1.54) is 31.0 Å². The number of anilines is 1. The Morgan fingerprint density at radius 1 is 1.24 bits per heavy atom. The number of carbonyl (C=O) groups is 1. The zero-order valence-electron chi connectivity index (χ0n) is 20.1. The molecule has 4 rings (SSSR count). The van der Waals surface area contributed by atoms with Gasteiger partial charge in [-0.15, -0.1) is 10.2 Å². The number of furan rings is 1. The first-order valence-electron chi connectivity index (χ1n) is 11.8. The quantitative estimate of drug-likeness (QED) is 0.404. The van der Waals surface area contributed by atoms with Crippen molar-refractivity contribution in [3.63, 3.8) is 0 Å². The van der Waals surface area contributed by atoms with Gasteiger partial charge in [0.15, 0.2) is 11.0 Å². The number of amides is 1. The molecule has 1 aliphatic carbocycles. The highest BCUT2D eigenvalue weighted by Crippen LogP contribution is 2.33.